The fourth-order valence-electron chi connectivity index (χ4n) is 3.60. The van der Waals surface area contributed by atoms with Gasteiger partial charge < -0.3 is 14.2 Å². The van der Waals surface area contributed by atoms with Crippen molar-refractivity contribution in [3.63, 3.8) is 0 Å². The molecule has 22 heavy (non-hydrogen) atoms. The Balaban J connectivity index is 1.63. The van der Waals surface area contributed by atoms with Crippen LogP contribution in [0.3, 0.4) is 0 Å². The molecular formula is C19H26O3. The summed E-state index contributed by atoms with van der Waals surface area (Å²) in [7, 11) is 0. The van der Waals surface area contributed by atoms with E-state index in [2.05, 4.69) is 25.6 Å². The molecule has 0 N–H and O–H groups in total. The average Bonchev–Trinajstić information content (AvgIpc) is 2.46. The third kappa shape index (κ3) is 3.60. The van der Waals surface area contributed by atoms with Gasteiger partial charge in [0.1, 0.15) is 6.10 Å². The van der Waals surface area contributed by atoms with Gasteiger partial charge in [-0.15, -0.1) is 0 Å². The molecule has 0 amide bonds. The van der Waals surface area contributed by atoms with Gasteiger partial charge in [-0.2, -0.15) is 0 Å². The van der Waals surface area contributed by atoms with Gasteiger partial charge in [-0.1, -0.05) is 49.4 Å². The normalized spacial score (nSPS) is 34.4. The minimum Gasteiger partial charge on any atom is -0.368 e. The van der Waals surface area contributed by atoms with Crippen molar-refractivity contribution in [2.45, 2.75) is 57.7 Å². The second-order valence-electron chi connectivity index (χ2n) is 6.89. The minimum atomic E-state index is -0.471. The molecule has 2 fully saturated rings. The molecular weight excluding hydrogens is 276 g/mol. The molecule has 2 aliphatic rings. The molecule has 0 saturated carbocycles. The van der Waals surface area contributed by atoms with Gasteiger partial charge in [-0.05, 0) is 24.8 Å². The van der Waals surface area contributed by atoms with Crippen LogP contribution in [-0.2, 0) is 20.8 Å². The van der Waals surface area contributed by atoms with Crippen molar-refractivity contribution in [1.82, 2.24) is 0 Å². The fourth-order valence-corrected chi connectivity index (χ4v) is 3.60. The van der Waals surface area contributed by atoms with Crippen molar-refractivity contribution in [1.29, 1.82) is 0 Å². The Kier molecular flexibility index (Phi) is 4.67. The SMILES string of the molecule is C=C(C)C[C@]12C[C@H](C)C[C@H](O1)[C@H](OCc1ccccc1)CO2. The van der Waals surface area contributed by atoms with Crippen LogP contribution in [0.1, 0.15) is 38.7 Å². The summed E-state index contributed by atoms with van der Waals surface area (Å²) in [5, 5.41) is 0. The van der Waals surface area contributed by atoms with Crippen molar-refractivity contribution in [2.24, 2.45) is 5.92 Å². The summed E-state index contributed by atoms with van der Waals surface area (Å²) in [4.78, 5) is 0. The van der Waals surface area contributed by atoms with E-state index < -0.39 is 5.79 Å². The van der Waals surface area contributed by atoms with E-state index in [0.29, 0.717) is 19.1 Å². The number of ether oxygens (including phenoxy) is 3. The number of fused-ring (bicyclic) bond motifs is 2. The number of benzene rings is 1. The van der Waals surface area contributed by atoms with Crippen LogP contribution in [0.5, 0.6) is 0 Å². The molecule has 0 unspecified atom stereocenters. The molecule has 2 saturated heterocycles. The van der Waals surface area contributed by atoms with Crippen molar-refractivity contribution in [3.05, 3.63) is 48.0 Å². The van der Waals surface area contributed by atoms with Gasteiger partial charge in [0.05, 0.1) is 19.3 Å². The van der Waals surface area contributed by atoms with Gasteiger partial charge in [-0.25, -0.2) is 0 Å². The van der Waals surface area contributed by atoms with Crippen LogP contribution < -0.4 is 0 Å². The first-order chi connectivity index (χ1) is 10.6. The monoisotopic (exact) mass is 302 g/mol. The quantitative estimate of drug-likeness (QED) is 0.767. The fraction of sp³-hybridized carbons (Fsp3) is 0.579. The first kappa shape index (κ1) is 15.7. The molecule has 3 nitrogen and oxygen atoms in total. The lowest BCUT2D eigenvalue weighted by Crippen LogP contribution is -2.57. The summed E-state index contributed by atoms with van der Waals surface area (Å²) in [6.07, 6.45) is 2.91. The zero-order valence-corrected chi connectivity index (χ0v) is 13.6. The molecule has 0 aromatic heterocycles. The molecule has 0 aliphatic carbocycles. The van der Waals surface area contributed by atoms with Gasteiger partial charge in [0.25, 0.3) is 0 Å². The second-order valence-corrected chi connectivity index (χ2v) is 6.89. The molecule has 2 aliphatic heterocycles. The van der Waals surface area contributed by atoms with E-state index in [4.69, 9.17) is 14.2 Å². The Morgan fingerprint density at radius 2 is 2.14 bits per heavy atom. The van der Waals surface area contributed by atoms with Crippen LogP contribution >= 0.6 is 0 Å². The Bertz CT molecular complexity index is 513. The van der Waals surface area contributed by atoms with Gasteiger partial charge in [0, 0.05) is 12.8 Å². The van der Waals surface area contributed by atoms with E-state index in [0.717, 1.165) is 24.8 Å². The molecule has 4 atom stereocenters. The second kappa shape index (κ2) is 6.53. The third-order valence-electron chi connectivity index (χ3n) is 4.46. The van der Waals surface area contributed by atoms with E-state index in [1.54, 1.807) is 0 Å². The molecule has 3 rings (SSSR count). The Labute approximate surface area is 133 Å². The lowest BCUT2D eigenvalue weighted by atomic mass is 9.85. The summed E-state index contributed by atoms with van der Waals surface area (Å²) in [5.74, 6) is 0.113. The van der Waals surface area contributed by atoms with Crippen molar-refractivity contribution < 1.29 is 14.2 Å². The van der Waals surface area contributed by atoms with Crippen molar-refractivity contribution in [2.75, 3.05) is 6.61 Å². The smallest absolute Gasteiger partial charge is 0.172 e. The summed E-state index contributed by atoms with van der Waals surface area (Å²) in [5.41, 5.74) is 2.29. The highest BCUT2D eigenvalue weighted by atomic mass is 16.7. The first-order valence-electron chi connectivity index (χ1n) is 8.18. The van der Waals surface area contributed by atoms with E-state index >= 15 is 0 Å². The largest absolute Gasteiger partial charge is 0.368 e. The van der Waals surface area contributed by atoms with Crippen LogP contribution in [0.2, 0.25) is 0 Å². The maximum atomic E-state index is 6.28. The minimum absolute atomic E-state index is 0.0150. The van der Waals surface area contributed by atoms with E-state index in [-0.39, 0.29) is 12.2 Å². The van der Waals surface area contributed by atoms with Crippen LogP contribution in [0, 0.1) is 5.92 Å². The standard InChI is InChI=1S/C19H26O3/c1-14(2)10-19-11-15(3)9-17(22-19)18(13-21-19)20-12-16-7-5-4-6-8-16/h4-8,15,17-18H,1,9-13H2,2-3H3/t15-,17+,18-,19-/m1/s1. The van der Waals surface area contributed by atoms with Crippen LogP contribution in [-0.4, -0.2) is 24.6 Å². The van der Waals surface area contributed by atoms with Crippen LogP contribution in [0.15, 0.2) is 42.5 Å². The molecule has 120 valence electrons. The molecule has 0 spiro atoms. The maximum absolute atomic E-state index is 6.28. The summed E-state index contributed by atoms with van der Waals surface area (Å²) in [6.45, 7) is 9.54. The van der Waals surface area contributed by atoms with E-state index in [9.17, 15) is 0 Å². The molecule has 1 aromatic rings. The maximum Gasteiger partial charge on any atom is 0.172 e. The Hall–Kier alpha value is -1.16. The summed E-state index contributed by atoms with van der Waals surface area (Å²) >= 11 is 0. The zero-order chi connectivity index (χ0) is 15.6. The number of rotatable bonds is 5. The third-order valence-corrected chi connectivity index (χ3v) is 4.46. The molecule has 0 radical (unpaired) electrons. The lowest BCUT2D eigenvalue weighted by Gasteiger charge is -2.50. The van der Waals surface area contributed by atoms with Gasteiger partial charge >= 0.3 is 0 Å². The summed E-state index contributed by atoms with van der Waals surface area (Å²) < 4.78 is 18.5. The predicted molar refractivity (Wildman–Crippen MR) is 86.4 cm³/mol. The summed E-state index contributed by atoms with van der Waals surface area (Å²) in [6, 6.07) is 10.3. The Morgan fingerprint density at radius 1 is 1.36 bits per heavy atom. The van der Waals surface area contributed by atoms with Crippen molar-refractivity contribution in [3.8, 4) is 0 Å². The zero-order valence-electron chi connectivity index (χ0n) is 13.6. The predicted octanol–water partition coefficient (Wildman–Crippen LogP) is 4.08. The highest BCUT2D eigenvalue weighted by Gasteiger charge is 2.48. The lowest BCUT2D eigenvalue weighted by molar-refractivity contribution is -0.351. The average molecular weight is 302 g/mol. The molecule has 2 heterocycles. The topological polar surface area (TPSA) is 27.7 Å². The number of hydrogen-bond acceptors (Lipinski definition) is 3. The van der Waals surface area contributed by atoms with Crippen LogP contribution in [0.25, 0.3) is 0 Å². The Morgan fingerprint density at radius 3 is 2.86 bits per heavy atom. The van der Waals surface area contributed by atoms with Gasteiger partial charge in [0.15, 0.2) is 5.79 Å². The first-order valence-corrected chi connectivity index (χ1v) is 8.18. The number of hydrogen-bond donors (Lipinski definition) is 0. The van der Waals surface area contributed by atoms with E-state index in [1.165, 1.54) is 5.56 Å². The highest BCUT2D eigenvalue weighted by Crippen LogP contribution is 2.42. The molecule has 2 bridgehead atoms. The van der Waals surface area contributed by atoms with Gasteiger partial charge in [-0.3, -0.25) is 0 Å². The van der Waals surface area contributed by atoms with E-state index in [1.807, 2.05) is 25.1 Å². The molecule has 1 aromatic carbocycles. The molecule has 3 heteroatoms. The van der Waals surface area contributed by atoms with Crippen molar-refractivity contribution >= 4 is 0 Å². The highest BCUT2D eigenvalue weighted by molar-refractivity contribution is 5.13. The van der Waals surface area contributed by atoms with Crippen LogP contribution in [0.4, 0.5) is 0 Å². The van der Waals surface area contributed by atoms with Gasteiger partial charge in [0.2, 0.25) is 0 Å².